The third-order valence-corrected chi connectivity index (χ3v) is 4.52. The second-order valence-electron chi connectivity index (χ2n) is 6.25. The van der Waals surface area contributed by atoms with E-state index in [0.717, 1.165) is 24.8 Å². The van der Waals surface area contributed by atoms with Gasteiger partial charge in [-0.15, -0.1) is 0 Å². The lowest BCUT2D eigenvalue weighted by atomic mass is 9.90. The van der Waals surface area contributed by atoms with Crippen LogP contribution in [0.25, 0.3) is 0 Å². The van der Waals surface area contributed by atoms with Gasteiger partial charge in [0, 0.05) is 19.3 Å². The van der Waals surface area contributed by atoms with Crippen LogP contribution in [0.5, 0.6) is 5.88 Å². The summed E-state index contributed by atoms with van der Waals surface area (Å²) in [5.74, 6) is 0.676. The third-order valence-electron chi connectivity index (χ3n) is 4.52. The van der Waals surface area contributed by atoms with Gasteiger partial charge in [-0.3, -0.25) is 0 Å². The van der Waals surface area contributed by atoms with Crippen LogP contribution >= 0.6 is 0 Å². The Hall–Kier alpha value is -2.63. The van der Waals surface area contributed by atoms with Crippen LogP contribution < -0.4 is 10.1 Å². The summed E-state index contributed by atoms with van der Waals surface area (Å²) < 4.78 is 18.4. The fourth-order valence-corrected chi connectivity index (χ4v) is 3.18. The average Bonchev–Trinajstić information content (AvgIpc) is 2.63. The number of aromatic nitrogens is 1. The molecule has 0 spiro atoms. The zero-order chi connectivity index (χ0) is 17.6. The van der Waals surface area contributed by atoms with Gasteiger partial charge in [0.05, 0.1) is 7.11 Å². The number of hydrogen-bond acceptors (Lipinski definition) is 3. The molecule has 1 aromatic heterocycles. The van der Waals surface area contributed by atoms with Gasteiger partial charge in [-0.05, 0) is 55.0 Å². The van der Waals surface area contributed by atoms with Crippen molar-refractivity contribution in [3.8, 4) is 5.88 Å². The molecule has 2 aromatic rings. The minimum Gasteiger partial charge on any atom is -0.480 e. The van der Waals surface area contributed by atoms with Crippen LogP contribution in [0.4, 0.5) is 14.9 Å². The van der Waals surface area contributed by atoms with E-state index in [9.17, 15) is 9.18 Å². The fraction of sp³-hybridized carbons (Fsp3) is 0.368. The molecule has 132 valence electrons. The minimum atomic E-state index is -0.195. The summed E-state index contributed by atoms with van der Waals surface area (Å²) in [7, 11) is 1.52. The monoisotopic (exact) mass is 343 g/mol. The molecule has 6 heteroatoms. The number of likely N-dealkylation sites (tertiary alicyclic amines) is 1. The summed E-state index contributed by atoms with van der Waals surface area (Å²) in [6.45, 7) is 1.38. The highest BCUT2D eigenvalue weighted by Crippen LogP contribution is 2.24. The predicted molar refractivity (Wildman–Crippen MR) is 94.2 cm³/mol. The summed E-state index contributed by atoms with van der Waals surface area (Å²) in [4.78, 5) is 18.3. The van der Waals surface area contributed by atoms with Crippen molar-refractivity contribution in [1.29, 1.82) is 0 Å². The first-order valence-corrected chi connectivity index (χ1v) is 8.45. The van der Waals surface area contributed by atoms with Crippen molar-refractivity contribution >= 4 is 11.7 Å². The van der Waals surface area contributed by atoms with Crippen molar-refractivity contribution in [2.45, 2.75) is 19.3 Å². The van der Waals surface area contributed by atoms with Crippen molar-refractivity contribution in [2.24, 2.45) is 5.92 Å². The van der Waals surface area contributed by atoms with Crippen LogP contribution in [0.15, 0.2) is 42.6 Å². The Labute approximate surface area is 146 Å². The van der Waals surface area contributed by atoms with Gasteiger partial charge in [0.15, 0.2) is 0 Å². The molecule has 5 nitrogen and oxygen atoms in total. The summed E-state index contributed by atoms with van der Waals surface area (Å²) in [6.07, 6.45) is 4.29. The highest BCUT2D eigenvalue weighted by atomic mass is 19.1. The lowest BCUT2D eigenvalue weighted by Gasteiger charge is -2.32. The molecule has 0 bridgehead atoms. The lowest BCUT2D eigenvalue weighted by Crippen LogP contribution is -2.41. The van der Waals surface area contributed by atoms with E-state index in [4.69, 9.17) is 4.74 Å². The van der Waals surface area contributed by atoms with Crippen LogP contribution in [0.2, 0.25) is 0 Å². The van der Waals surface area contributed by atoms with E-state index in [1.54, 1.807) is 35.4 Å². The standard InChI is InChI=1S/C19H22FN3O2/c1-25-18-17(6-3-9-21-18)22-19(24)23-10-7-14(8-11-23)12-15-4-2-5-16(20)13-15/h2-6,9,13-14H,7-8,10-12H2,1H3,(H,22,24). The van der Waals surface area contributed by atoms with Crippen molar-refractivity contribution in [3.63, 3.8) is 0 Å². The summed E-state index contributed by atoms with van der Waals surface area (Å²) in [5.41, 5.74) is 1.58. The third kappa shape index (κ3) is 4.47. The molecule has 0 atom stereocenters. The van der Waals surface area contributed by atoms with Gasteiger partial charge in [-0.1, -0.05) is 12.1 Å². The van der Waals surface area contributed by atoms with Crippen LogP contribution in [0.1, 0.15) is 18.4 Å². The normalized spacial score (nSPS) is 15.0. The second kappa shape index (κ2) is 7.96. The van der Waals surface area contributed by atoms with E-state index in [-0.39, 0.29) is 11.8 Å². The van der Waals surface area contributed by atoms with Crippen molar-refractivity contribution < 1.29 is 13.9 Å². The van der Waals surface area contributed by atoms with Gasteiger partial charge in [-0.2, -0.15) is 0 Å². The van der Waals surface area contributed by atoms with Gasteiger partial charge in [0.25, 0.3) is 0 Å². The summed E-state index contributed by atoms with van der Waals surface area (Å²) >= 11 is 0. The Balaban J connectivity index is 1.52. The van der Waals surface area contributed by atoms with E-state index in [2.05, 4.69) is 10.3 Å². The number of benzene rings is 1. The Morgan fingerprint density at radius 2 is 2.12 bits per heavy atom. The highest BCUT2D eigenvalue weighted by molar-refractivity contribution is 5.90. The van der Waals surface area contributed by atoms with Gasteiger partial charge < -0.3 is 15.0 Å². The number of urea groups is 1. The first kappa shape index (κ1) is 17.2. The first-order chi connectivity index (χ1) is 12.2. The number of halogens is 1. The minimum absolute atomic E-state index is 0.143. The van der Waals surface area contributed by atoms with Gasteiger partial charge in [0.1, 0.15) is 11.5 Å². The number of anilines is 1. The molecule has 1 aromatic carbocycles. The maximum Gasteiger partial charge on any atom is 0.321 e. The molecule has 3 rings (SSSR count). The van der Waals surface area contributed by atoms with Crippen molar-refractivity contribution in [1.82, 2.24) is 9.88 Å². The molecule has 0 unspecified atom stereocenters. The van der Waals surface area contributed by atoms with Gasteiger partial charge >= 0.3 is 6.03 Å². The molecule has 1 N–H and O–H groups in total. The summed E-state index contributed by atoms with van der Waals surface area (Å²) in [5, 5.41) is 2.85. The molecule has 1 fully saturated rings. The first-order valence-electron chi connectivity index (χ1n) is 8.45. The number of carbonyl (C=O) groups excluding carboxylic acids is 1. The molecule has 0 aliphatic carbocycles. The topological polar surface area (TPSA) is 54.5 Å². The molecular formula is C19H22FN3O2. The Morgan fingerprint density at radius 3 is 2.84 bits per heavy atom. The predicted octanol–water partition coefficient (Wildman–Crippen LogP) is 3.72. The van der Waals surface area contributed by atoms with E-state index in [1.165, 1.54) is 13.2 Å². The zero-order valence-electron chi connectivity index (χ0n) is 14.2. The molecule has 0 saturated carbocycles. The van der Waals surface area contributed by atoms with Crippen LogP contribution in [-0.2, 0) is 6.42 Å². The van der Waals surface area contributed by atoms with Crippen molar-refractivity contribution in [2.75, 3.05) is 25.5 Å². The Morgan fingerprint density at radius 1 is 1.32 bits per heavy atom. The molecule has 1 aliphatic heterocycles. The average molecular weight is 343 g/mol. The number of rotatable bonds is 4. The maximum absolute atomic E-state index is 13.3. The highest BCUT2D eigenvalue weighted by Gasteiger charge is 2.23. The number of nitrogens with one attached hydrogen (secondary N) is 1. The molecule has 2 heterocycles. The number of hydrogen-bond donors (Lipinski definition) is 1. The van der Waals surface area contributed by atoms with Gasteiger partial charge in [-0.25, -0.2) is 14.2 Å². The second-order valence-corrected chi connectivity index (χ2v) is 6.25. The van der Waals surface area contributed by atoms with Crippen LogP contribution in [-0.4, -0.2) is 36.1 Å². The van der Waals surface area contributed by atoms with E-state index in [0.29, 0.717) is 30.6 Å². The van der Waals surface area contributed by atoms with Crippen LogP contribution in [0.3, 0.4) is 0 Å². The van der Waals surface area contributed by atoms with E-state index in [1.807, 2.05) is 6.07 Å². The number of carbonyl (C=O) groups is 1. The number of nitrogens with zero attached hydrogens (tertiary/aromatic N) is 2. The smallest absolute Gasteiger partial charge is 0.321 e. The molecule has 0 radical (unpaired) electrons. The molecule has 1 aliphatic rings. The Kier molecular flexibility index (Phi) is 5.48. The van der Waals surface area contributed by atoms with E-state index < -0.39 is 0 Å². The lowest BCUT2D eigenvalue weighted by molar-refractivity contribution is 0.182. The number of amides is 2. The maximum atomic E-state index is 13.3. The quantitative estimate of drug-likeness (QED) is 0.921. The largest absolute Gasteiger partial charge is 0.480 e. The molecule has 2 amide bonds. The summed E-state index contributed by atoms with van der Waals surface area (Å²) in [6, 6.07) is 10.1. The van der Waals surface area contributed by atoms with Gasteiger partial charge in [0.2, 0.25) is 5.88 Å². The number of ether oxygens (including phenoxy) is 1. The number of piperidine rings is 1. The molecular weight excluding hydrogens is 321 g/mol. The Bertz CT molecular complexity index is 730. The van der Waals surface area contributed by atoms with E-state index >= 15 is 0 Å². The number of methoxy groups -OCH3 is 1. The molecule has 25 heavy (non-hydrogen) atoms. The van der Waals surface area contributed by atoms with Crippen LogP contribution in [0, 0.1) is 11.7 Å². The van der Waals surface area contributed by atoms with Crippen molar-refractivity contribution in [3.05, 3.63) is 54.0 Å². The number of pyridine rings is 1. The zero-order valence-corrected chi connectivity index (χ0v) is 14.2. The molecule has 1 saturated heterocycles. The SMILES string of the molecule is COc1ncccc1NC(=O)N1CCC(Cc2cccc(F)c2)CC1. The fourth-order valence-electron chi connectivity index (χ4n) is 3.18.